The van der Waals surface area contributed by atoms with E-state index < -0.39 is 8.15 Å². The Hall–Kier alpha value is -2.73. The summed E-state index contributed by atoms with van der Waals surface area (Å²) in [5, 5.41) is 1.32. The molecule has 0 N–H and O–H groups in total. The lowest BCUT2D eigenvalue weighted by molar-refractivity contribution is 0.360. The monoisotopic (exact) mass is 450 g/mol. The van der Waals surface area contributed by atoms with Crippen molar-refractivity contribution in [2.24, 2.45) is 0 Å². The number of fused-ring (bicyclic) bond motifs is 3. The first-order chi connectivity index (χ1) is 16.1. The minimum atomic E-state index is -0.723. The van der Waals surface area contributed by atoms with Gasteiger partial charge in [-0.3, -0.25) is 0 Å². The molecular weight excluding hydrogens is 419 g/mol. The van der Waals surface area contributed by atoms with Crippen molar-refractivity contribution in [3.8, 4) is 11.1 Å². The summed E-state index contributed by atoms with van der Waals surface area (Å²) in [4.78, 5) is 0. The van der Waals surface area contributed by atoms with Gasteiger partial charge in [0.25, 0.3) is 0 Å². The topological polar surface area (TPSA) is 9.23 Å². The van der Waals surface area contributed by atoms with Crippen LogP contribution in [0.15, 0.2) is 84.9 Å². The Kier molecular flexibility index (Phi) is 6.45. The summed E-state index contributed by atoms with van der Waals surface area (Å²) in [7, 11) is -0.723. The van der Waals surface area contributed by atoms with Crippen LogP contribution in [-0.4, -0.2) is 6.61 Å². The average molecular weight is 451 g/mol. The standard InChI is InChI=1S/C31H31OP/c1-22-18-23(2)31(24(3)19-22)21-33(27-12-5-4-6-13-27)32-17-16-25-11-9-15-29-28-14-8-7-10-26(28)20-30(25)29/h4-15,18-19H,16-17,20-21H2,1-3H3. The summed E-state index contributed by atoms with van der Waals surface area (Å²) in [6.07, 6.45) is 2.96. The largest absolute Gasteiger partial charge is 0.354 e. The molecule has 0 bridgehead atoms. The third kappa shape index (κ3) is 4.67. The van der Waals surface area contributed by atoms with Crippen LogP contribution >= 0.6 is 8.15 Å². The van der Waals surface area contributed by atoms with E-state index in [1.165, 1.54) is 55.4 Å². The number of rotatable bonds is 7. The fraction of sp³-hybridized carbons (Fsp3) is 0.226. The highest BCUT2D eigenvalue weighted by molar-refractivity contribution is 7.60. The Bertz CT molecular complexity index is 1250. The molecule has 4 aromatic carbocycles. The van der Waals surface area contributed by atoms with Crippen molar-refractivity contribution in [3.05, 3.63) is 124 Å². The Morgan fingerprint density at radius 1 is 0.758 bits per heavy atom. The van der Waals surface area contributed by atoms with Crippen LogP contribution in [0.1, 0.15) is 38.9 Å². The van der Waals surface area contributed by atoms with Crippen LogP contribution in [0.3, 0.4) is 0 Å². The molecule has 0 aromatic heterocycles. The fourth-order valence-corrected chi connectivity index (χ4v) is 7.16. The summed E-state index contributed by atoms with van der Waals surface area (Å²) < 4.78 is 6.68. The predicted molar refractivity (Wildman–Crippen MR) is 142 cm³/mol. The van der Waals surface area contributed by atoms with Gasteiger partial charge in [0.05, 0.1) is 14.8 Å². The molecule has 0 aliphatic heterocycles. The first kappa shape index (κ1) is 22.1. The Balaban J connectivity index is 1.35. The minimum absolute atomic E-state index is 0.723. The average Bonchev–Trinajstić information content (AvgIpc) is 3.20. The lowest BCUT2D eigenvalue weighted by Crippen LogP contribution is -2.09. The van der Waals surface area contributed by atoms with Gasteiger partial charge in [0.1, 0.15) is 0 Å². The van der Waals surface area contributed by atoms with E-state index in [1.807, 2.05) is 0 Å². The van der Waals surface area contributed by atoms with E-state index >= 15 is 0 Å². The van der Waals surface area contributed by atoms with Gasteiger partial charge in [0.15, 0.2) is 0 Å². The van der Waals surface area contributed by atoms with Gasteiger partial charge in [-0.05, 0) is 78.1 Å². The van der Waals surface area contributed by atoms with Crippen molar-refractivity contribution in [2.45, 2.75) is 39.8 Å². The molecule has 0 saturated heterocycles. The highest BCUT2D eigenvalue weighted by Crippen LogP contribution is 2.43. The van der Waals surface area contributed by atoms with Crippen LogP contribution in [0, 0.1) is 20.8 Å². The molecule has 0 saturated carbocycles. The van der Waals surface area contributed by atoms with Crippen LogP contribution in [0.4, 0.5) is 0 Å². The fourth-order valence-electron chi connectivity index (χ4n) is 5.13. The molecule has 33 heavy (non-hydrogen) atoms. The van der Waals surface area contributed by atoms with E-state index in [0.29, 0.717) is 0 Å². The zero-order chi connectivity index (χ0) is 22.8. The number of hydrogen-bond acceptors (Lipinski definition) is 1. The molecule has 1 unspecified atom stereocenters. The predicted octanol–water partition coefficient (Wildman–Crippen LogP) is 7.66. The van der Waals surface area contributed by atoms with Crippen LogP contribution in [-0.2, 0) is 23.5 Å². The van der Waals surface area contributed by atoms with Crippen LogP contribution in [0.5, 0.6) is 0 Å². The van der Waals surface area contributed by atoms with Crippen LogP contribution in [0.25, 0.3) is 11.1 Å². The van der Waals surface area contributed by atoms with Gasteiger partial charge in [-0.1, -0.05) is 90.5 Å². The van der Waals surface area contributed by atoms with Gasteiger partial charge in [-0.15, -0.1) is 0 Å². The van der Waals surface area contributed by atoms with Gasteiger partial charge >= 0.3 is 0 Å². The lowest BCUT2D eigenvalue weighted by Gasteiger charge is -2.21. The highest BCUT2D eigenvalue weighted by atomic mass is 31.1. The maximum Gasteiger partial charge on any atom is 0.0648 e. The maximum atomic E-state index is 6.68. The molecule has 2 heteroatoms. The molecule has 0 spiro atoms. The second-order valence-electron chi connectivity index (χ2n) is 9.11. The molecule has 166 valence electrons. The number of benzene rings is 4. The molecular formula is C31H31OP. The van der Waals surface area contributed by atoms with E-state index in [4.69, 9.17) is 4.52 Å². The quantitative estimate of drug-likeness (QED) is 0.231. The van der Waals surface area contributed by atoms with Gasteiger partial charge in [0.2, 0.25) is 0 Å². The van der Waals surface area contributed by atoms with E-state index in [2.05, 4.69) is 106 Å². The molecule has 1 atom stereocenters. The van der Waals surface area contributed by atoms with E-state index in [-0.39, 0.29) is 0 Å². The number of hydrogen-bond donors (Lipinski definition) is 0. The zero-order valence-corrected chi connectivity index (χ0v) is 20.7. The molecule has 5 rings (SSSR count). The molecule has 4 aromatic rings. The summed E-state index contributed by atoms with van der Waals surface area (Å²) in [5.74, 6) is 0. The van der Waals surface area contributed by atoms with Crippen molar-refractivity contribution >= 4 is 13.5 Å². The lowest BCUT2D eigenvalue weighted by atomic mass is 9.99. The second-order valence-corrected chi connectivity index (χ2v) is 11.0. The van der Waals surface area contributed by atoms with Gasteiger partial charge in [0, 0.05) is 11.5 Å². The van der Waals surface area contributed by atoms with Gasteiger partial charge in [-0.2, -0.15) is 0 Å². The summed E-state index contributed by atoms with van der Waals surface area (Å²) >= 11 is 0. The third-order valence-corrected chi connectivity index (χ3v) is 8.72. The molecule has 0 heterocycles. The third-order valence-electron chi connectivity index (χ3n) is 6.75. The van der Waals surface area contributed by atoms with Crippen LogP contribution in [0.2, 0.25) is 0 Å². The van der Waals surface area contributed by atoms with Crippen LogP contribution < -0.4 is 5.30 Å². The van der Waals surface area contributed by atoms with Crippen molar-refractivity contribution < 1.29 is 4.52 Å². The molecule has 1 aliphatic carbocycles. The minimum Gasteiger partial charge on any atom is -0.354 e. The van der Waals surface area contributed by atoms with E-state index in [1.54, 1.807) is 0 Å². The van der Waals surface area contributed by atoms with E-state index in [0.717, 1.165) is 25.6 Å². The van der Waals surface area contributed by atoms with Crippen molar-refractivity contribution in [1.29, 1.82) is 0 Å². The molecule has 0 amide bonds. The zero-order valence-electron chi connectivity index (χ0n) is 19.8. The Morgan fingerprint density at radius 2 is 1.45 bits per heavy atom. The first-order valence-corrected chi connectivity index (χ1v) is 13.3. The first-order valence-electron chi connectivity index (χ1n) is 11.8. The van der Waals surface area contributed by atoms with E-state index in [9.17, 15) is 0 Å². The van der Waals surface area contributed by atoms with Crippen molar-refractivity contribution in [3.63, 3.8) is 0 Å². The summed E-state index contributed by atoms with van der Waals surface area (Å²) in [5.41, 5.74) is 12.7. The number of aryl methyl sites for hydroxylation is 3. The van der Waals surface area contributed by atoms with Crippen molar-refractivity contribution in [1.82, 2.24) is 0 Å². The molecule has 0 radical (unpaired) electrons. The highest BCUT2D eigenvalue weighted by Gasteiger charge is 2.21. The molecule has 1 nitrogen and oxygen atoms in total. The Labute approximate surface area is 199 Å². The van der Waals surface area contributed by atoms with Gasteiger partial charge < -0.3 is 4.52 Å². The maximum absolute atomic E-state index is 6.68. The molecule has 0 fully saturated rings. The molecule has 1 aliphatic rings. The summed E-state index contributed by atoms with van der Waals surface area (Å²) in [6, 6.07) is 31.0. The Morgan fingerprint density at radius 3 is 2.24 bits per heavy atom. The summed E-state index contributed by atoms with van der Waals surface area (Å²) in [6.45, 7) is 7.39. The van der Waals surface area contributed by atoms with Gasteiger partial charge in [-0.25, -0.2) is 0 Å². The SMILES string of the molecule is Cc1cc(C)c(CP(OCCc2cccc3c2Cc2ccccc2-3)c2ccccc2)c(C)c1. The van der Waals surface area contributed by atoms with Crippen molar-refractivity contribution in [2.75, 3.05) is 6.61 Å². The second kappa shape index (κ2) is 9.64. The smallest absolute Gasteiger partial charge is 0.0648 e. The normalized spacial score (nSPS) is 12.9.